The van der Waals surface area contributed by atoms with Crippen molar-refractivity contribution in [1.29, 1.82) is 0 Å². The van der Waals surface area contributed by atoms with E-state index in [-0.39, 0.29) is 5.91 Å². The molecule has 7 nitrogen and oxygen atoms in total. The van der Waals surface area contributed by atoms with Gasteiger partial charge in [-0.15, -0.1) is 0 Å². The highest BCUT2D eigenvalue weighted by atomic mass is 35.5. The zero-order valence-electron chi connectivity index (χ0n) is 20.7. The first-order valence-electron chi connectivity index (χ1n) is 12.3. The maximum absolute atomic E-state index is 13.3. The number of hydrogen-bond acceptors (Lipinski definition) is 5. The van der Waals surface area contributed by atoms with Gasteiger partial charge in [0, 0.05) is 54.1 Å². The van der Waals surface area contributed by atoms with Crippen LogP contribution in [0.4, 0.5) is 0 Å². The lowest BCUT2D eigenvalue weighted by Crippen LogP contribution is -2.42. The van der Waals surface area contributed by atoms with Crippen molar-refractivity contribution in [3.63, 3.8) is 0 Å². The van der Waals surface area contributed by atoms with Gasteiger partial charge in [0.25, 0.3) is 5.91 Å². The van der Waals surface area contributed by atoms with Crippen LogP contribution in [0.1, 0.15) is 40.2 Å². The van der Waals surface area contributed by atoms with E-state index in [1.807, 2.05) is 48.2 Å². The lowest BCUT2D eigenvalue weighted by molar-refractivity contribution is 0.0628. The van der Waals surface area contributed by atoms with Crippen LogP contribution in [0.3, 0.4) is 0 Å². The van der Waals surface area contributed by atoms with Gasteiger partial charge in [-0.3, -0.25) is 9.69 Å². The maximum atomic E-state index is 13.3. The molecule has 4 aromatic rings. The average Bonchev–Trinajstić information content (AvgIpc) is 3.51. The van der Waals surface area contributed by atoms with Crippen molar-refractivity contribution in [2.24, 2.45) is 5.92 Å². The van der Waals surface area contributed by atoms with E-state index in [0.717, 1.165) is 60.4 Å². The molecule has 1 N–H and O–H groups in total. The first kappa shape index (κ1) is 24.4. The summed E-state index contributed by atoms with van der Waals surface area (Å²) in [7, 11) is 2.06. The van der Waals surface area contributed by atoms with Crippen LogP contribution in [-0.2, 0) is 13.1 Å². The third kappa shape index (κ3) is 5.58. The number of nitrogens with zero attached hydrogens (tertiary/aromatic N) is 3. The van der Waals surface area contributed by atoms with Crippen LogP contribution in [0.2, 0.25) is 5.02 Å². The molecule has 1 unspecified atom stereocenters. The van der Waals surface area contributed by atoms with Crippen molar-refractivity contribution in [1.82, 2.24) is 19.9 Å². The molecule has 1 aliphatic rings. The molecule has 1 fully saturated rings. The molecule has 1 amide bonds. The molecule has 3 heterocycles. The number of carbonyl (C=O) groups excluding carboxylic acids is 1. The van der Waals surface area contributed by atoms with Crippen LogP contribution in [-0.4, -0.2) is 52.6 Å². The second-order valence-corrected chi connectivity index (χ2v) is 10.1. The molecular weight excluding hydrogens is 476 g/mol. The van der Waals surface area contributed by atoms with Gasteiger partial charge in [-0.05, 0) is 68.3 Å². The molecule has 1 atom stereocenters. The van der Waals surface area contributed by atoms with Gasteiger partial charge in [-0.2, -0.15) is 0 Å². The summed E-state index contributed by atoms with van der Waals surface area (Å²) < 4.78 is 11.0. The molecule has 0 aliphatic carbocycles. The van der Waals surface area contributed by atoms with Crippen LogP contribution in [0.5, 0.6) is 5.75 Å². The third-order valence-corrected chi connectivity index (χ3v) is 7.06. The van der Waals surface area contributed by atoms with Crippen LogP contribution in [0.25, 0.3) is 10.9 Å². The van der Waals surface area contributed by atoms with Gasteiger partial charge in [-0.1, -0.05) is 28.9 Å². The number of halogens is 1. The van der Waals surface area contributed by atoms with Crippen LogP contribution in [0, 0.1) is 12.8 Å². The number of ether oxygens (including phenoxy) is 1. The van der Waals surface area contributed by atoms with Crippen molar-refractivity contribution in [2.45, 2.75) is 32.9 Å². The Hall–Kier alpha value is -3.29. The largest absolute Gasteiger partial charge is 0.493 e. The Morgan fingerprint density at radius 2 is 2.06 bits per heavy atom. The minimum Gasteiger partial charge on any atom is -0.493 e. The molecule has 1 aliphatic heterocycles. The SMILES string of the molecule is Cc1c(C(=O)N2CCCC(COc3ccc(CN(C)Cc4ccon4)cc3)C2)[nH]c2ccc(Cl)cc12. The Labute approximate surface area is 216 Å². The van der Waals surface area contributed by atoms with Crippen molar-refractivity contribution in [2.75, 3.05) is 26.7 Å². The lowest BCUT2D eigenvalue weighted by Gasteiger charge is -2.32. The standard InChI is InChI=1S/C28H31ClN4O3/c1-19-25-14-22(29)7-10-26(25)30-27(19)28(34)33-12-3-4-21(16-33)18-35-24-8-5-20(6-9-24)15-32(2)17-23-11-13-36-31-23/h5-11,13-14,21,30H,3-4,12,15-18H2,1-2H3. The third-order valence-electron chi connectivity index (χ3n) is 6.83. The summed E-state index contributed by atoms with van der Waals surface area (Å²) >= 11 is 6.16. The number of aromatic amines is 1. The van der Waals surface area contributed by atoms with Crippen LogP contribution < -0.4 is 4.74 Å². The van der Waals surface area contributed by atoms with E-state index in [1.165, 1.54) is 5.56 Å². The van der Waals surface area contributed by atoms with Gasteiger partial charge in [0.2, 0.25) is 0 Å². The van der Waals surface area contributed by atoms with E-state index in [0.29, 0.717) is 29.8 Å². The zero-order chi connectivity index (χ0) is 25.1. The number of nitrogens with one attached hydrogen (secondary N) is 1. The Morgan fingerprint density at radius 1 is 1.22 bits per heavy atom. The normalized spacial score (nSPS) is 16.1. The van der Waals surface area contributed by atoms with E-state index < -0.39 is 0 Å². The molecule has 1 saturated heterocycles. The van der Waals surface area contributed by atoms with E-state index in [1.54, 1.807) is 6.26 Å². The minimum absolute atomic E-state index is 0.0450. The summed E-state index contributed by atoms with van der Waals surface area (Å²) in [6.07, 6.45) is 3.62. The maximum Gasteiger partial charge on any atom is 0.270 e. The summed E-state index contributed by atoms with van der Waals surface area (Å²) in [5.74, 6) is 1.20. The molecule has 2 aromatic heterocycles. The van der Waals surface area contributed by atoms with E-state index in [2.05, 4.69) is 34.2 Å². The molecule has 2 aromatic carbocycles. The summed E-state index contributed by atoms with van der Waals surface area (Å²) in [4.78, 5) is 20.8. The monoisotopic (exact) mass is 506 g/mol. The first-order chi connectivity index (χ1) is 17.5. The molecule has 0 bridgehead atoms. The lowest BCUT2D eigenvalue weighted by atomic mass is 9.98. The number of aromatic nitrogens is 2. The second kappa shape index (κ2) is 10.8. The summed E-state index contributed by atoms with van der Waals surface area (Å²) in [6.45, 7) is 5.57. The van der Waals surface area contributed by atoms with Crippen molar-refractivity contribution in [3.8, 4) is 5.75 Å². The summed E-state index contributed by atoms with van der Waals surface area (Å²) in [5.41, 5.74) is 4.66. The van der Waals surface area contributed by atoms with Crippen molar-refractivity contribution in [3.05, 3.63) is 82.3 Å². The Balaban J connectivity index is 1.14. The molecular formula is C28H31ClN4O3. The second-order valence-electron chi connectivity index (χ2n) is 9.69. The molecule has 5 rings (SSSR count). The molecule has 8 heteroatoms. The average molecular weight is 507 g/mol. The predicted molar refractivity (Wildman–Crippen MR) is 140 cm³/mol. The van der Waals surface area contributed by atoms with Crippen LogP contribution >= 0.6 is 11.6 Å². The molecule has 0 radical (unpaired) electrons. The fraction of sp³-hybridized carbons (Fsp3) is 0.357. The number of fused-ring (bicyclic) bond motifs is 1. The number of likely N-dealkylation sites (tertiary alicyclic amines) is 1. The highest BCUT2D eigenvalue weighted by molar-refractivity contribution is 6.31. The first-order valence-corrected chi connectivity index (χ1v) is 12.7. The molecule has 0 saturated carbocycles. The van der Waals surface area contributed by atoms with E-state index in [9.17, 15) is 4.79 Å². The van der Waals surface area contributed by atoms with Gasteiger partial charge in [-0.25, -0.2) is 0 Å². The highest BCUT2D eigenvalue weighted by Crippen LogP contribution is 2.27. The molecule has 36 heavy (non-hydrogen) atoms. The van der Waals surface area contributed by atoms with Gasteiger partial charge >= 0.3 is 0 Å². The number of carbonyl (C=O) groups is 1. The highest BCUT2D eigenvalue weighted by Gasteiger charge is 2.27. The Bertz CT molecular complexity index is 1320. The number of H-pyrrole nitrogens is 1. The van der Waals surface area contributed by atoms with E-state index in [4.69, 9.17) is 20.9 Å². The smallest absolute Gasteiger partial charge is 0.270 e. The quantitative estimate of drug-likeness (QED) is 0.333. The van der Waals surface area contributed by atoms with Gasteiger partial charge in [0.15, 0.2) is 0 Å². The van der Waals surface area contributed by atoms with Crippen molar-refractivity contribution < 1.29 is 14.1 Å². The van der Waals surface area contributed by atoms with Crippen molar-refractivity contribution >= 4 is 28.4 Å². The number of hydrogen-bond donors (Lipinski definition) is 1. The topological polar surface area (TPSA) is 74.6 Å². The van der Waals surface area contributed by atoms with Gasteiger partial charge in [0.1, 0.15) is 17.7 Å². The predicted octanol–water partition coefficient (Wildman–Crippen LogP) is 5.68. The number of benzene rings is 2. The van der Waals surface area contributed by atoms with Gasteiger partial charge < -0.3 is 19.1 Å². The summed E-state index contributed by atoms with van der Waals surface area (Å²) in [5, 5.41) is 5.63. The number of piperidine rings is 1. The summed E-state index contributed by atoms with van der Waals surface area (Å²) in [6, 6.07) is 15.8. The Morgan fingerprint density at radius 3 is 2.83 bits per heavy atom. The molecule has 188 valence electrons. The fourth-order valence-electron chi connectivity index (χ4n) is 4.92. The Kier molecular flexibility index (Phi) is 7.30. The van der Waals surface area contributed by atoms with Gasteiger partial charge in [0.05, 0.1) is 12.3 Å². The molecule has 0 spiro atoms. The zero-order valence-corrected chi connectivity index (χ0v) is 21.4. The number of amides is 1. The van der Waals surface area contributed by atoms with Crippen LogP contribution in [0.15, 0.2) is 59.3 Å². The van der Waals surface area contributed by atoms with E-state index >= 15 is 0 Å². The minimum atomic E-state index is 0.0450. The fourth-order valence-corrected chi connectivity index (χ4v) is 5.10. The number of aryl methyl sites for hydroxylation is 1. The number of rotatable bonds is 8.